The van der Waals surface area contributed by atoms with Crippen LogP contribution < -0.4 is 0 Å². The van der Waals surface area contributed by atoms with E-state index in [0.717, 1.165) is 0 Å². The second-order valence-corrected chi connectivity index (χ2v) is 7.94. The quantitative estimate of drug-likeness (QED) is 0.727. The lowest BCUT2D eigenvalue weighted by Crippen LogP contribution is -2.51. The van der Waals surface area contributed by atoms with Gasteiger partial charge in [-0.05, 0) is 20.8 Å². The van der Waals surface area contributed by atoms with E-state index in [-0.39, 0.29) is 12.0 Å². The summed E-state index contributed by atoms with van der Waals surface area (Å²) in [5.74, 6) is -0.716. The number of amides is 1. The lowest BCUT2D eigenvalue weighted by molar-refractivity contribution is -0.130. The number of rotatable bonds is 5. The molecule has 1 saturated heterocycles. The van der Waals surface area contributed by atoms with Gasteiger partial charge < -0.3 is 10.0 Å². The fraction of sp³-hybridized carbons (Fsp3) is 0.917. The average molecular weight is 292 g/mol. The third kappa shape index (κ3) is 5.08. The monoisotopic (exact) mass is 292 g/mol. The highest BCUT2D eigenvalue weighted by Gasteiger charge is 2.27. The Morgan fingerprint density at radius 3 is 2.11 bits per heavy atom. The zero-order valence-electron chi connectivity index (χ0n) is 11.9. The Bertz CT molecular complexity index is 398. The van der Waals surface area contributed by atoms with E-state index in [2.05, 4.69) is 4.90 Å². The van der Waals surface area contributed by atoms with Gasteiger partial charge in [0.25, 0.3) is 0 Å². The third-order valence-electron chi connectivity index (χ3n) is 3.29. The maximum absolute atomic E-state index is 11.9. The molecule has 1 amide bonds. The van der Waals surface area contributed by atoms with Crippen molar-refractivity contribution < 1.29 is 18.3 Å². The Hall–Kier alpha value is -0.660. The minimum Gasteiger partial charge on any atom is -0.392 e. The van der Waals surface area contributed by atoms with Gasteiger partial charge >= 0.3 is 0 Å². The maximum Gasteiger partial charge on any atom is 0.237 e. The van der Waals surface area contributed by atoms with Crippen molar-refractivity contribution >= 4 is 15.7 Å². The SMILES string of the molecule is CC(C)S(=O)(=O)CC(=O)N1CCN(C[C@@H](C)O)CC1. The summed E-state index contributed by atoms with van der Waals surface area (Å²) < 4.78 is 23.4. The van der Waals surface area contributed by atoms with Crippen LogP contribution in [0.15, 0.2) is 0 Å². The minimum absolute atomic E-state index is 0.314. The number of aliphatic hydroxyl groups is 1. The van der Waals surface area contributed by atoms with E-state index in [4.69, 9.17) is 0 Å². The fourth-order valence-corrected chi connectivity index (χ4v) is 2.84. The highest BCUT2D eigenvalue weighted by atomic mass is 32.2. The Balaban J connectivity index is 2.45. The summed E-state index contributed by atoms with van der Waals surface area (Å²) in [6.07, 6.45) is -0.386. The molecule has 6 nitrogen and oxygen atoms in total. The summed E-state index contributed by atoms with van der Waals surface area (Å²) >= 11 is 0. The van der Waals surface area contributed by atoms with Crippen molar-refractivity contribution in [3.05, 3.63) is 0 Å². The van der Waals surface area contributed by atoms with Crippen LogP contribution in [0, 0.1) is 0 Å². The van der Waals surface area contributed by atoms with Crippen LogP contribution in [0.2, 0.25) is 0 Å². The van der Waals surface area contributed by atoms with Gasteiger partial charge in [0.05, 0.1) is 11.4 Å². The molecule has 1 rings (SSSR count). The van der Waals surface area contributed by atoms with E-state index in [1.54, 1.807) is 25.7 Å². The number of carbonyl (C=O) groups is 1. The molecular weight excluding hydrogens is 268 g/mol. The predicted octanol–water partition coefficient (Wildman–Crippen LogP) is -0.665. The predicted molar refractivity (Wildman–Crippen MR) is 73.6 cm³/mol. The molecule has 0 spiro atoms. The summed E-state index contributed by atoms with van der Waals surface area (Å²) in [4.78, 5) is 15.6. The van der Waals surface area contributed by atoms with E-state index in [9.17, 15) is 18.3 Å². The Morgan fingerprint density at radius 1 is 1.16 bits per heavy atom. The number of hydrogen-bond donors (Lipinski definition) is 1. The standard InChI is InChI=1S/C12H24N2O4S/c1-10(2)19(17,18)9-12(16)14-6-4-13(5-7-14)8-11(3)15/h10-11,15H,4-9H2,1-3H3/t11-/m1/s1. The van der Waals surface area contributed by atoms with Crippen LogP contribution in [0.3, 0.4) is 0 Å². The van der Waals surface area contributed by atoms with Crippen molar-refractivity contribution in [2.24, 2.45) is 0 Å². The highest BCUT2D eigenvalue weighted by Crippen LogP contribution is 2.07. The van der Waals surface area contributed by atoms with E-state index in [1.807, 2.05) is 0 Å². The first-order chi connectivity index (χ1) is 8.72. The van der Waals surface area contributed by atoms with Crippen LogP contribution in [-0.4, -0.2) is 79.1 Å². The smallest absolute Gasteiger partial charge is 0.237 e. The van der Waals surface area contributed by atoms with Gasteiger partial charge in [-0.1, -0.05) is 0 Å². The minimum atomic E-state index is -3.32. The summed E-state index contributed by atoms with van der Waals surface area (Å²) in [6.45, 7) is 7.90. The second-order valence-electron chi connectivity index (χ2n) is 5.39. The van der Waals surface area contributed by atoms with E-state index >= 15 is 0 Å². The topological polar surface area (TPSA) is 77.9 Å². The largest absolute Gasteiger partial charge is 0.392 e. The Morgan fingerprint density at radius 2 is 1.68 bits per heavy atom. The molecule has 0 aliphatic carbocycles. The Kier molecular flexibility index (Phi) is 5.76. The first-order valence-corrected chi connectivity index (χ1v) is 8.33. The summed E-state index contributed by atoms with van der Waals surface area (Å²) in [6, 6.07) is 0. The van der Waals surface area contributed by atoms with Crippen LogP contribution >= 0.6 is 0 Å². The van der Waals surface area contributed by atoms with Gasteiger partial charge in [0.2, 0.25) is 5.91 Å². The molecule has 0 bridgehead atoms. The zero-order chi connectivity index (χ0) is 14.6. The molecule has 1 aliphatic rings. The molecule has 7 heteroatoms. The normalized spacial score (nSPS) is 19.7. The number of β-amino-alcohol motifs (C(OH)–C–C–N with tert-alkyl or cyclic N) is 1. The molecular formula is C12H24N2O4S. The van der Waals surface area contributed by atoms with Crippen molar-refractivity contribution in [1.82, 2.24) is 9.80 Å². The summed E-state index contributed by atoms with van der Waals surface area (Å²) in [5.41, 5.74) is 0. The second kappa shape index (κ2) is 6.67. The molecule has 112 valence electrons. The van der Waals surface area contributed by atoms with Crippen molar-refractivity contribution in [2.75, 3.05) is 38.5 Å². The van der Waals surface area contributed by atoms with Crippen LogP contribution in [0.4, 0.5) is 0 Å². The number of aliphatic hydroxyl groups excluding tert-OH is 1. The fourth-order valence-electron chi connectivity index (χ4n) is 1.98. The van der Waals surface area contributed by atoms with Gasteiger partial charge in [-0.25, -0.2) is 8.42 Å². The number of piperazine rings is 1. The molecule has 1 fully saturated rings. The van der Waals surface area contributed by atoms with E-state index < -0.39 is 20.8 Å². The highest BCUT2D eigenvalue weighted by molar-refractivity contribution is 7.92. The molecule has 0 aromatic rings. The molecule has 1 N–H and O–H groups in total. The molecule has 0 aromatic heterocycles. The van der Waals surface area contributed by atoms with Crippen molar-refractivity contribution in [3.63, 3.8) is 0 Å². The molecule has 1 heterocycles. The molecule has 0 saturated carbocycles. The molecule has 0 unspecified atom stereocenters. The first kappa shape index (κ1) is 16.4. The van der Waals surface area contributed by atoms with Gasteiger partial charge in [-0.3, -0.25) is 9.69 Å². The lowest BCUT2D eigenvalue weighted by atomic mass is 10.3. The molecule has 1 aliphatic heterocycles. The van der Waals surface area contributed by atoms with Gasteiger partial charge in [0.1, 0.15) is 5.75 Å². The number of hydrogen-bond acceptors (Lipinski definition) is 5. The molecule has 19 heavy (non-hydrogen) atoms. The maximum atomic E-state index is 11.9. The molecule has 0 radical (unpaired) electrons. The third-order valence-corrected chi connectivity index (χ3v) is 5.38. The first-order valence-electron chi connectivity index (χ1n) is 6.62. The number of carbonyl (C=O) groups excluding carboxylic acids is 1. The van der Waals surface area contributed by atoms with Crippen molar-refractivity contribution in [2.45, 2.75) is 32.1 Å². The number of sulfone groups is 1. The Labute approximate surface area is 115 Å². The molecule has 1 atom stereocenters. The van der Waals surface area contributed by atoms with Gasteiger partial charge in [0, 0.05) is 32.7 Å². The lowest BCUT2D eigenvalue weighted by Gasteiger charge is -2.35. The zero-order valence-corrected chi connectivity index (χ0v) is 12.7. The average Bonchev–Trinajstić information content (AvgIpc) is 2.28. The molecule has 0 aromatic carbocycles. The van der Waals surface area contributed by atoms with Gasteiger partial charge in [0.15, 0.2) is 9.84 Å². The summed E-state index contributed by atoms with van der Waals surface area (Å²) in [7, 11) is -3.32. The van der Waals surface area contributed by atoms with Crippen LogP contribution in [0.1, 0.15) is 20.8 Å². The van der Waals surface area contributed by atoms with Crippen molar-refractivity contribution in [3.8, 4) is 0 Å². The van der Waals surface area contributed by atoms with Crippen LogP contribution in [0.5, 0.6) is 0 Å². The van der Waals surface area contributed by atoms with E-state index in [1.165, 1.54) is 0 Å². The van der Waals surface area contributed by atoms with Crippen LogP contribution in [0.25, 0.3) is 0 Å². The van der Waals surface area contributed by atoms with Gasteiger partial charge in [-0.15, -0.1) is 0 Å². The van der Waals surface area contributed by atoms with Gasteiger partial charge in [-0.2, -0.15) is 0 Å². The van der Waals surface area contributed by atoms with Crippen LogP contribution in [-0.2, 0) is 14.6 Å². The van der Waals surface area contributed by atoms with Crippen molar-refractivity contribution in [1.29, 1.82) is 0 Å². The van der Waals surface area contributed by atoms with E-state index in [0.29, 0.717) is 32.7 Å². The number of nitrogens with zero attached hydrogens (tertiary/aromatic N) is 2. The summed E-state index contributed by atoms with van der Waals surface area (Å²) in [5, 5.41) is 8.77.